The Hall–Kier alpha value is -3.52. The molecule has 162 valence electrons. The number of nitrogens with zero attached hydrogens (tertiary/aromatic N) is 1. The van der Waals surface area contributed by atoms with Gasteiger partial charge in [0.15, 0.2) is 0 Å². The topological polar surface area (TPSA) is 12.5 Å². The fraction of sp³-hybridized carbons (Fsp3) is 0.226. The zero-order chi connectivity index (χ0) is 21.9. The summed E-state index contributed by atoms with van der Waals surface area (Å²) in [6.07, 6.45) is 1.06. The van der Waals surface area contributed by atoms with Crippen LogP contribution in [-0.2, 0) is 6.42 Å². The van der Waals surface area contributed by atoms with E-state index in [4.69, 9.17) is 4.74 Å². The maximum absolute atomic E-state index is 6.41. The minimum absolute atomic E-state index is 0.293. The largest absolute Gasteiger partial charge is 0.493 e. The van der Waals surface area contributed by atoms with Crippen LogP contribution in [0.25, 0.3) is 0 Å². The van der Waals surface area contributed by atoms with Crippen molar-refractivity contribution in [3.63, 3.8) is 0 Å². The standard InChI is InChI=1S/C31H27NO/c1-20-16-23-18-27(21-10-4-2-5-11-21)32-30(23)25(17-20)29(22-12-6-3-7-13-22)26-19-33-28-15-9-8-14-24(28)31(26)32/h2-17,26-27,29,31H,18-19H2,1H3/t26-,27-,29+,31-/m0/s1. The molecule has 4 atom stereocenters. The first-order valence-corrected chi connectivity index (χ1v) is 12.0. The second-order valence-electron chi connectivity index (χ2n) is 9.75. The molecule has 4 aromatic carbocycles. The lowest BCUT2D eigenvalue weighted by Gasteiger charge is -2.51. The van der Waals surface area contributed by atoms with Crippen molar-refractivity contribution in [2.75, 3.05) is 11.5 Å². The van der Waals surface area contributed by atoms with Gasteiger partial charge in [-0.3, -0.25) is 0 Å². The molecular formula is C31H27NO. The molecule has 0 N–H and O–H groups in total. The number of hydrogen-bond acceptors (Lipinski definition) is 2. The number of ether oxygens (including phenoxy) is 1. The number of hydrogen-bond donors (Lipinski definition) is 0. The van der Waals surface area contributed by atoms with E-state index in [-0.39, 0.29) is 0 Å². The average molecular weight is 430 g/mol. The van der Waals surface area contributed by atoms with Crippen LogP contribution in [0, 0.1) is 12.8 Å². The maximum Gasteiger partial charge on any atom is 0.124 e. The van der Waals surface area contributed by atoms with Gasteiger partial charge >= 0.3 is 0 Å². The average Bonchev–Trinajstić information content (AvgIpc) is 3.24. The molecule has 0 spiro atoms. The Morgan fingerprint density at radius 1 is 0.758 bits per heavy atom. The normalized spacial score (nSPS) is 24.5. The van der Waals surface area contributed by atoms with Crippen LogP contribution in [0.5, 0.6) is 5.75 Å². The van der Waals surface area contributed by atoms with Gasteiger partial charge < -0.3 is 9.64 Å². The Morgan fingerprint density at radius 3 is 2.24 bits per heavy atom. The number of anilines is 1. The number of fused-ring (bicyclic) bond motifs is 4. The summed E-state index contributed by atoms with van der Waals surface area (Å²) < 4.78 is 6.41. The molecule has 4 aromatic rings. The van der Waals surface area contributed by atoms with E-state index in [9.17, 15) is 0 Å². The molecule has 0 fully saturated rings. The highest BCUT2D eigenvalue weighted by Crippen LogP contribution is 2.60. The first-order chi connectivity index (χ1) is 16.3. The van der Waals surface area contributed by atoms with Gasteiger partial charge in [0, 0.05) is 23.1 Å². The van der Waals surface area contributed by atoms with E-state index in [1.807, 2.05) is 0 Å². The summed E-state index contributed by atoms with van der Waals surface area (Å²) in [5.41, 5.74) is 9.90. The minimum atomic E-state index is 0.293. The van der Waals surface area contributed by atoms with E-state index in [1.54, 1.807) is 0 Å². The van der Waals surface area contributed by atoms with Gasteiger partial charge in [-0.05, 0) is 41.7 Å². The lowest BCUT2D eigenvalue weighted by molar-refractivity contribution is 0.166. The molecule has 0 amide bonds. The van der Waals surface area contributed by atoms with E-state index in [1.165, 1.54) is 39.1 Å². The van der Waals surface area contributed by atoms with E-state index in [0.29, 0.717) is 23.9 Å². The summed E-state index contributed by atoms with van der Waals surface area (Å²) in [4.78, 5) is 2.75. The molecule has 0 aromatic heterocycles. The van der Waals surface area contributed by atoms with Gasteiger partial charge in [0.25, 0.3) is 0 Å². The summed E-state index contributed by atoms with van der Waals surface area (Å²) in [5, 5.41) is 0. The lowest BCUT2D eigenvalue weighted by Crippen LogP contribution is -2.45. The van der Waals surface area contributed by atoms with Gasteiger partial charge in [-0.25, -0.2) is 0 Å². The molecule has 2 heteroatoms. The third kappa shape index (κ3) is 2.80. The van der Waals surface area contributed by atoms with Gasteiger partial charge in [-0.2, -0.15) is 0 Å². The highest BCUT2D eigenvalue weighted by Gasteiger charge is 2.51. The van der Waals surface area contributed by atoms with Gasteiger partial charge in [-0.15, -0.1) is 0 Å². The quantitative estimate of drug-likeness (QED) is 0.340. The summed E-state index contributed by atoms with van der Waals surface area (Å²) in [6, 6.07) is 36.3. The van der Waals surface area contributed by atoms with Crippen LogP contribution in [0.4, 0.5) is 5.69 Å². The molecular weight excluding hydrogens is 402 g/mol. The Kier molecular flexibility index (Phi) is 4.17. The molecule has 0 unspecified atom stereocenters. The summed E-state index contributed by atoms with van der Waals surface area (Å²) in [7, 11) is 0. The lowest BCUT2D eigenvalue weighted by atomic mass is 9.70. The molecule has 0 radical (unpaired) electrons. The van der Waals surface area contributed by atoms with Gasteiger partial charge in [0.2, 0.25) is 0 Å². The molecule has 0 aliphatic carbocycles. The number of para-hydroxylation sites is 1. The highest BCUT2D eigenvalue weighted by atomic mass is 16.5. The van der Waals surface area contributed by atoms with Crippen LogP contribution in [0.2, 0.25) is 0 Å². The molecule has 33 heavy (non-hydrogen) atoms. The van der Waals surface area contributed by atoms with E-state index >= 15 is 0 Å². The van der Waals surface area contributed by atoms with Crippen molar-refractivity contribution in [2.24, 2.45) is 5.92 Å². The van der Waals surface area contributed by atoms with Crippen LogP contribution in [0.1, 0.15) is 51.4 Å². The molecule has 0 saturated carbocycles. The smallest absolute Gasteiger partial charge is 0.124 e. The molecule has 3 aliphatic rings. The zero-order valence-corrected chi connectivity index (χ0v) is 18.8. The summed E-state index contributed by atoms with van der Waals surface area (Å²) in [5.74, 6) is 1.72. The minimum Gasteiger partial charge on any atom is -0.493 e. The Balaban J connectivity index is 1.51. The highest BCUT2D eigenvalue weighted by molar-refractivity contribution is 5.73. The molecule has 2 nitrogen and oxygen atoms in total. The first-order valence-electron chi connectivity index (χ1n) is 12.0. The van der Waals surface area contributed by atoms with E-state index in [2.05, 4.69) is 109 Å². The van der Waals surface area contributed by atoms with Crippen molar-refractivity contribution in [3.05, 3.63) is 130 Å². The number of aryl methyl sites for hydroxylation is 1. The fourth-order valence-corrected chi connectivity index (χ4v) is 6.66. The summed E-state index contributed by atoms with van der Waals surface area (Å²) >= 11 is 0. The van der Waals surface area contributed by atoms with Crippen LogP contribution in [-0.4, -0.2) is 6.61 Å². The number of rotatable bonds is 2. The van der Waals surface area contributed by atoms with Crippen LogP contribution in [0.15, 0.2) is 97.1 Å². The Bertz CT molecular complexity index is 1330. The van der Waals surface area contributed by atoms with Crippen molar-refractivity contribution in [3.8, 4) is 5.75 Å². The van der Waals surface area contributed by atoms with Crippen molar-refractivity contribution >= 4 is 5.69 Å². The molecule has 0 saturated heterocycles. The monoisotopic (exact) mass is 429 g/mol. The summed E-state index contributed by atoms with van der Waals surface area (Å²) in [6.45, 7) is 2.99. The second-order valence-corrected chi connectivity index (χ2v) is 9.75. The van der Waals surface area contributed by atoms with E-state index < -0.39 is 0 Å². The van der Waals surface area contributed by atoms with E-state index in [0.717, 1.165) is 18.8 Å². The molecule has 3 heterocycles. The van der Waals surface area contributed by atoms with Crippen molar-refractivity contribution in [1.82, 2.24) is 0 Å². The fourth-order valence-electron chi connectivity index (χ4n) is 6.66. The molecule has 0 bridgehead atoms. The van der Waals surface area contributed by atoms with Gasteiger partial charge in [-0.1, -0.05) is 96.6 Å². The van der Waals surface area contributed by atoms with Gasteiger partial charge in [0.1, 0.15) is 5.75 Å². The van der Waals surface area contributed by atoms with Crippen LogP contribution >= 0.6 is 0 Å². The third-order valence-corrected chi connectivity index (χ3v) is 7.85. The zero-order valence-electron chi connectivity index (χ0n) is 18.8. The Labute approximate surface area is 195 Å². The maximum atomic E-state index is 6.41. The van der Waals surface area contributed by atoms with Gasteiger partial charge in [0.05, 0.1) is 18.7 Å². The van der Waals surface area contributed by atoms with Crippen LogP contribution in [0.3, 0.4) is 0 Å². The van der Waals surface area contributed by atoms with Crippen LogP contribution < -0.4 is 9.64 Å². The van der Waals surface area contributed by atoms with Crippen molar-refractivity contribution < 1.29 is 4.74 Å². The van der Waals surface area contributed by atoms with Crippen molar-refractivity contribution in [1.29, 1.82) is 0 Å². The third-order valence-electron chi connectivity index (χ3n) is 7.85. The van der Waals surface area contributed by atoms with Crippen molar-refractivity contribution in [2.45, 2.75) is 31.3 Å². The Morgan fingerprint density at radius 2 is 1.45 bits per heavy atom. The molecule has 7 rings (SSSR count). The first kappa shape index (κ1) is 19.0. The predicted molar refractivity (Wildman–Crippen MR) is 133 cm³/mol. The number of benzene rings is 4. The molecule has 3 aliphatic heterocycles. The predicted octanol–water partition coefficient (Wildman–Crippen LogP) is 6.99. The SMILES string of the molecule is Cc1cc2c3c(c1)[C@@H](c1ccccc1)[C@@H]1COc4ccccc4[C@@H]1N3[C@H](c1ccccc1)C2. The second kappa shape index (κ2) is 7.25.